The minimum atomic E-state index is -4.47. The normalized spacial score (nSPS) is 29.0. The zero-order chi connectivity index (χ0) is 14.2. The number of carbonyl (C=O) groups is 2. The third-order valence-electron chi connectivity index (χ3n) is 3.97. The summed E-state index contributed by atoms with van der Waals surface area (Å²) in [5, 5.41) is 10.7. The molecule has 0 bridgehead atoms. The molecule has 2 fully saturated rings. The highest BCUT2D eigenvalue weighted by Gasteiger charge is 2.52. The number of nitrogens with one attached hydrogen (secondary N) is 1. The smallest absolute Gasteiger partial charge is 0.408 e. The molecule has 0 aliphatic heterocycles. The Morgan fingerprint density at radius 1 is 1.16 bits per heavy atom. The standard InChI is InChI=1S/C12H16F3NO3/c13-12(14,15)9(6-3-1-2-4-6)16-10(17)7-5-8(7)11(18)19/h6-9H,1-5H2,(H,16,17)(H,18,19)/t7-,8-,9+/m1/s1. The Balaban J connectivity index is 1.97. The lowest BCUT2D eigenvalue weighted by atomic mass is 9.97. The number of hydrogen-bond acceptors (Lipinski definition) is 2. The maximum absolute atomic E-state index is 12.9. The highest BCUT2D eigenvalue weighted by atomic mass is 19.4. The van der Waals surface area contributed by atoms with E-state index in [4.69, 9.17) is 5.11 Å². The number of hydrogen-bond donors (Lipinski definition) is 2. The van der Waals surface area contributed by atoms with Crippen LogP contribution in [0.15, 0.2) is 0 Å². The molecule has 108 valence electrons. The van der Waals surface area contributed by atoms with Crippen LogP contribution in [0.25, 0.3) is 0 Å². The van der Waals surface area contributed by atoms with Crippen LogP contribution in [0.2, 0.25) is 0 Å². The molecule has 7 heteroatoms. The third-order valence-corrected chi connectivity index (χ3v) is 3.97. The Hall–Kier alpha value is -1.27. The van der Waals surface area contributed by atoms with Gasteiger partial charge in [0, 0.05) is 0 Å². The minimum absolute atomic E-state index is 0.135. The lowest BCUT2D eigenvalue weighted by Gasteiger charge is -2.27. The van der Waals surface area contributed by atoms with E-state index in [1.807, 2.05) is 5.32 Å². The molecule has 3 atom stereocenters. The van der Waals surface area contributed by atoms with Crippen LogP contribution in [0, 0.1) is 17.8 Å². The summed E-state index contributed by atoms with van der Waals surface area (Å²) in [4.78, 5) is 22.3. The fourth-order valence-corrected chi connectivity index (χ4v) is 2.78. The second-order valence-electron chi connectivity index (χ2n) is 5.36. The van der Waals surface area contributed by atoms with E-state index in [0.29, 0.717) is 12.8 Å². The molecule has 1 amide bonds. The van der Waals surface area contributed by atoms with E-state index in [-0.39, 0.29) is 6.42 Å². The van der Waals surface area contributed by atoms with Gasteiger partial charge in [0.05, 0.1) is 11.8 Å². The number of alkyl halides is 3. The summed E-state index contributed by atoms with van der Waals surface area (Å²) in [5.41, 5.74) is 0. The van der Waals surface area contributed by atoms with Crippen molar-refractivity contribution in [3.05, 3.63) is 0 Å². The summed E-state index contributed by atoms with van der Waals surface area (Å²) in [6, 6.07) is -1.84. The average Bonchev–Trinajstić information content (AvgIpc) is 2.93. The molecule has 2 saturated carbocycles. The molecule has 0 radical (unpaired) electrons. The first-order chi connectivity index (χ1) is 8.80. The third kappa shape index (κ3) is 3.19. The molecular formula is C12H16F3NO3. The van der Waals surface area contributed by atoms with Crippen molar-refractivity contribution in [2.75, 3.05) is 0 Å². The average molecular weight is 279 g/mol. The van der Waals surface area contributed by atoms with Crippen LogP contribution >= 0.6 is 0 Å². The number of carboxylic acid groups (broad SMARTS) is 1. The first-order valence-corrected chi connectivity index (χ1v) is 6.40. The number of carboxylic acids is 1. The minimum Gasteiger partial charge on any atom is -0.481 e. The van der Waals surface area contributed by atoms with Crippen molar-refractivity contribution >= 4 is 11.9 Å². The number of aliphatic carboxylic acids is 1. The summed E-state index contributed by atoms with van der Waals surface area (Å²) < 4.78 is 38.8. The Bertz CT molecular complexity index is 377. The van der Waals surface area contributed by atoms with Crippen molar-refractivity contribution in [1.29, 1.82) is 0 Å². The Labute approximate surface area is 108 Å². The van der Waals surface area contributed by atoms with Gasteiger partial charge in [-0.25, -0.2) is 0 Å². The molecule has 4 nitrogen and oxygen atoms in total. The van der Waals surface area contributed by atoms with Crippen LogP contribution in [0.5, 0.6) is 0 Å². The van der Waals surface area contributed by atoms with Gasteiger partial charge < -0.3 is 10.4 Å². The van der Waals surface area contributed by atoms with E-state index in [1.54, 1.807) is 0 Å². The molecule has 2 aliphatic carbocycles. The van der Waals surface area contributed by atoms with Gasteiger partial charge in [-0.3, -0.25) is 9.59 Å². The molecule has 19 heavy (non-hydrogen) atoms. The van der Waals surface area contributed by atoms with Crippen molar-refractivity contribution in [2.45, 2.75) is 44.3 Å². The van der Waals surface area contributed by atoms with Crippen molar-refractivity contribution < 1.29 is 27.9 Å². The first kappa shape index (κ1) is 14.1. The van der Waals surface area contributed by atoms with E-state index >= 15 is 0 Å². The zero-order valence-electron chi connectivity index (χ0n) is 10.2. The number of halogens is 3. The highest BCUT2D eigenvalue weighted by Crippen LogP contribution is 2.40. The van der Waals surface area contributed by atoms with Gasteiger partial charge in [0.2, 0.25) is 5.91 Å². The van der Waals surface area contributed by atoms with Gasteiger partial charge in [-0.15, -0.1) is 0 Å². The predicted octanol–water partition coefficient (Wildman–Crippen LogP) is 1.94. The summed E-state index contributed by atoms with van der Waals surface area (Å²) in [6.45, 7) is 0. The van der Waals surface area contributed by atoms with Gasteiger partial charge in [0.1, 0.15) is 6.04 Å². The number of amides is 1. The lowest BCUT2D eigenvalue weighted by molar-refractivity contribution is -0.172. The van der Waals surface area contributed by atoms with E-state index in [2.05, 4.69) is 0 Å². The molecule has 0 unspecified atom stereocenters. The van der Waals surface area contributed by atoms with Gasteiger partial charge in [-0.1, -0.05) is 12.8 Å². The molecule has 0 spiro atoms. The molecule has 0 aromatic heterocycles. The van der Waals surface area contributed by atoms with Gasteiger partial charge >= 0.3 is 12.1 Å². The van der Waals surface area contributed by atoms with Crippen LogP contribution in [0.3, 0.4) is 0 Å². The Kier molecular flexibility index (Phi) is 3.73. The molecule has 0 saturated heterocycles. The van der Waals surface area contributed by atoms with Gasteiger partial charge in [-0.2, -0.15) is 13.2 Å². The fourth-order valence-electron chi connectivity index (χ4n) is 2.78. The van der Waals surface area contributed by atoms with Crippen molar-refractivity contribution in [2.24, 2.45) is 17.8 Å². The fraction of sp³-hybridized carbons (Fsp3) is 0.833. The molecule has 0 aromatic rings. The molecule has 2 aliphatic rings. The molecular weight excluding hydrogens is 263 g/mol. The van der Waals surface area contributed by atoms with Gasteiger partial charge in [0.25, 0.3) is 0 Å². The number of carbonyl (C=O) groups excluding carboxylic acids is 1. The summed E-state index contributed by atoms with van der Waals surface area (Å²) in [7, 11) is 0. The largest absolute Gasteiger partial charge is 0.481 e. The van der Waals surface area contributed by atoms with E-state index < -0.39 is 41.8 Å². The van der Waals surface area contributed by atoms with E-state index in [1.165, 1.54) is 0 Å². The Morgan fingerprint density at radius 3 is 2.16 bits per heavy atom. The molecule has 2 N–H and O–H groups in total. The van der Waals surface area contributed by atoms with E-state index in [0.717, 1.165) is 12.8 Å². The SMILES string of the molecule is O=C(O)[C@@H]1C[C@H]1C(=O)N[C@@H](C1CCCC1)C(F)(F)F. The predicted molar refractivity (Wildman–Crippen MR) is 59.2 cm³/mol. The van der Waals surface area contributed by atoms with Gasteiger partial charge in [0.15, 0.2) is 0 Å². The highest BCUT2D eigenvalue weighted by molar-refractivity contribution is 5.89. The first-order valence-electron chi connectivity index (χ1n) is 6.40. The quantitative estimate of drug-likeness (QED) is 0.826. The second-order valence-corrected chi connectivity index (χ2v) is 5.36. The van der Waals surface area contributed by atoms with E-state index in [9.17, 15) is 22.8 Å². The maximum atomic E-state index is 12.9. The Morgan fingerprint density at radius 2 is 1.74 bits per heavy atom. The second kappa shape index (κ2) is 5.02. The summed E-state index contributed by atoms with van der Waals surface area (Å²) in [5.74, 6) is -4.10. The number of rotatable bonds is 4. The van der Waals surface area contributed by atoms with Gasteiger partial charge in [-0.05, 0) is 25.2 Å². The van der Waals surface area contributed by atoms with Crippen LogP contribution in [0.4, 0.5) is 13.2 Å². The van der Waals surface area contributed by atoms with Crippen LogP contribution in [0.1, 0.15) is 32.1 Å². The maximum Gasteiger partial charge on any atom is 0.408 e. The molecule has 0 heterocycles. The van der Waals surface area contributed by atoms with Crippen LogP contribution in [-0.4, -0.2) is 29.2 Å². The lowest BCUT2D eigenvalue weighted by Crippen LogP contribution is -2.50. The topological polar surface area (TPSA) is 66.4 Å². The summed E-state index contributed by atoms with van der Waals surface area (Å²) in [6.07, 6.45) is -1.94. The zero-order valence-corrected chi connectivity index (χ0v) is 10.2. The van der Waals surface area contributed by atoms with Crippen LogP contribution < -0.4 is 5.32 Å². The van der Waals surface area contributed by atoms with Crippen molar-refractivity contribution in [3.8, 4) is 0 Å². The molecule has 0 aromatic carbocycles. The van der Waals surface area contributed by atoms with Crippen LogP contribution in [-0.2, 0) is 9.59 Å². The van der Waals surface area contributed by atoms with Crippen molar-refractivity contribution in [3.63, 3.8) is 0 Å². The monoisotopic (exact) mass is 279 g/mol. The summed E-state index contributed by atoms with van der Waals surface area (Å²) >= 11 is 0. The molecule has 2 rings (SSSR count). The van der Waals surface area contributed by atoms with Crippen molar-refractivity contribution in [1.82, 2.24) is 5.32 Å².